The van der Waals surface area contributed by atoms with Crippen LogP contribution in [0, 0.1) is 18.6 Å². The second kappa shape index (κ2) is 9.49. The van der Waals surface area contributed by atoms with Gasteiger partial charge in [0, 0.05) is 16.6 Å². The van der Waals surface area contributed by atoms with E-state index in [4.69, 9.17) is 0 Å². The van der Waals surface area contributed by atoms with Crippen LogP contribution < -0.4 is 9.62 Å². The molecule has 0 aliphatic carbocycles. The topological polar surface area (TPSA) is 66.5 Å². The number of amides is 1. The van der Waals surface area contributed by atoms with Crippen molar-refractivity contribution in [1.82, 2.24) is 0 Å². The summed E-state index contributed by atoms with van der Waals surface area (Å²) in [6.45, 7) is 1.31. The highest BCUT2D eigenvalue weighted by molar-refractivity contribution is 7.98. The maximum absolute atomic E-state index is 13.4. The zero-order valence-corrected chi connectivity index (χ0v) is 18.4. The molecule has 0 saturated heterocycles. The first-order valence-electron chi connectivity index (χ1n) is 9.19. The number of carbonyl (C=O) groups is 1. The zero-order chi connectivity index (χ0) is 22.6. The number of nitrogens with one attached hydrogen (secondary N) is 1. The molecule has 3 aromatic carbocycles. The van der Waals surface area contributed by atoms with Gasteiger partial charge in [-0.3, -0.25) is 9.10 Å². The molecule has 31 heavy (non-hydrogen) atoms. The van der Waals surface area contributed by atoms with Crippen molar-refractivity contribution in [3.05, 3.63) is 83.9 Å². The van der Waals surface area contributed by atoms with E-state index < -0.39 is 34.1 Å². The minimum Gasteiger partial charge on any atom is -0.324 e. The van der Waals surface area contributed by atoms with Crippen molar-refractivity contribution in [2.45, 2.75) is 16.7 Å². The molecule has 5 nitrogen and oxygen atoms in total. The van der Waals surface area contributed by atoms with Gasteiger partial charge in [-0.1, -0.05) is 17.7 Å². The SMILES string of the molecule is CSc1ccc(S(=O)(=O)N(CC(=O)Nc2ccc(F)c(F)c2)c2ccc(C)cc2)cc1. The summed E-state index contributed by atoms with van der Waals surface area (Å²) in [6, 6.07) is 15.9. The number of carbonyl (C=O) groups excluding carboxylic acids is 1. The Balaban J connectivity index is 1.92. The van der Waals surface area contributed by atoms with Crippen LogP contribution in [0.25, 0.3) is 0 Å². The van der Waals surface area contributed by atoms with Gasteiger partial charge in [-0.2, -0.15) is 0 Å². The summed E-state index contributed by atoms with van der Waals surface area (Å²) in [5.74, 6) is -2.86. The molecule has 162 valence electrons. The maximum atomic E-state index is 13.4. The fourth-order valence-electron chi connectivity index (χ4n) is 2.81. The number of halogens is 2. The lowest BCUT2D eigenvalue weighted by molar-refractivity contribution is -0.114. The number of sulfonamides is 1. The van der Waals surface area contributed by atoms with Gasteiger partial charge >= 0.3 is 0 Å². The summed E-state index contributed by atoms with van der Waals surface area (Å²) in [5, 5.41) is 2.41. The molecule has 9 heteroatoms. The highest BCUT2D eigenvalue weighted by Gasteiger charge is 2.27. The standard InChI is InChI=1S/C22H20F2N2O3S2/c1-15-3-6-17(7-4-15)26(31(28,29)19-10-8-18(30-2)9-11-19)14-22(27)25-16-5-12-20(23)21(24)13-16/h3-13H,14H2,1-2H3,(H,25,27). The van der Waals surface area contributed by atoms with Gasteiger partial charge in [-0.15, -0.1) is 11.8 Å². The fraction of sp³-hybridized carbons (Fsp3) is 0.136. The van der Waals surface area contributed by atoms with Crippen LogP contribution in [-0.2, 0) is 14.8 Å². The fourth-order valence-corrected chi connectivity index (χ4v) is 4.64. The summed E-state index contributed by atoms with van der Waals surface area (Å²) >= 11 is 1.48. The number of benzene rings is 3. The quantitative estimate of drug-likeness (QED) is 0.511. The third-order valence-electron chi connectivity index (χ3n) is 4.46. The van der Waals surface area contributed by atoms with E-state index in [9.17, 15) is 22.0 Å². The minimum atomic E-state index is -4.07. The Bertz CT molecular complexity index is 1180. The zero-order valence-electron chi connectivity index (χ0n) is 16.8. The number of hydrogen-bond acceptors (Lipinski definition) is 4. The molecule has 1 N–H and O–H groups in total. The number of rotatable bonds is 7. The van der Waals surface area contributed by atoms with Crippen molar-refractivity contribution >= 4 is 39.1 Å². The van der Waals surface area contributed by atoms with E-state index in [2.05, 4.69) is 5.32 Å². The monoisotopic (exact) mass is 462 g/mol. The van der Waals surface area contributed by atoms with E-state index in [-0.39, 0.29) is 10.6 Å². The molecular weight excluding hydrogens is 442 g/mol. The van der Waals surface area contributed by atoms with Crippen molar-refractivity contribution in [3.63, 3.8) is 0 Å². The molecule has 0 bridgehead atoms. The van der Waals surface area contributed by atoms with Crippen LogP contribution in [0.15, 0.2) is 76.5 Å². The molecule has 0 aliphatic rings. The van der Waals surface area contributed by atoms with Gasteiger partial charge < -0.3 is 5.32 Å². The van der Waals surface area contributed by atoms with Gasteiger partial charge in [0.2, 0.25) is 5.91 Å². The Hall–Kier alpha value is -2.91. The molecule has 0 unspecified atom stereocenters. The predicted molar refractivity (Wildman–Crippen MR) is 119 cm³/mol. The lowest BCUT2D eigenvalue weighted by Crippen LogP contribution is -2.38. The van der Waals surface area contributed by atoms with Gasteiger partial charge in [0.25, 0.3) is 10.0 Å². The van der Waals surface area contributed by atoms with Gasteiger partial charge in [-0.05, 0) is 61.7 Å². The number of nitrogens with zero attached hydrogens (tertiary/aromatic N) is 1. The molecule has 0 aliphatic heterocycles. The average Bonchev–Trinajstić information content (AvgIpc) is 2.75. The Morgan fingerprint density at radius 2 is 1.61 bits per heavy atom. The number of hydrogen-bond donors (Lipinski definition) is 1. The van der Waals surface area contributed by atoms with E-state index in [1.54, 1.807) is 36.4 Å². The van der Waals surface area contributed by atoms with Crippen molar-refractivity contribution < 1.29 is 22.0 Å². The summed E-state index contributed by atoms with van der Waals surface area (Å²) in [6.07, 6.45) is 1.88. The molecule has 3 rings (SSSR count). The Kier molecular flexibility index (Phi) is 6.97. The summed E-state index contributed by atoms with van der Waals surface area (Å²) in [7, 11) is -4.07. The van der Waals surface area contributed by atoms with E-state index in [1.807, 2.05) is 13.2 Å². The Labute approximate surface area is 184 Å². The van der Waals surface area contributed by atoms with Crippen LogP contribution >= 0.6 is 11.8 Å². The lowest BCUT2D eigenvalue weighted by Gasteiger charge is -2.24. The molecule has 3 aromatic rings. The van der Waals surface area contributed by atoms with Crippen LogP contribution in [0.3, 0.4) is 0 Å². The minimum absolute atomic E-state index is 0.0227. The number of anilines is 2. The van der Waals surface area contributed by atoms with Crippen molar-refractivity contribution in [2.24, 2.45) is 0 Å². The van der Waals surface area contributed by atoms with Crippen LogP contribution in [0.4, 0.5) is 20.2 Å². The summed E-state index contributed by atoms with van der Waals surface area (Å²) in [4.78, 5) is 13.5. The van der Waals surface area contributed by atoms with E-state index >= 15 is 0 Å². The van der Waals surface area contributed by atoms with Gasteiger partial charge in [-0.25, -0.2) is 17.2 Å². The summed E-state index contributed by atoms with van der Waals surface area (Å²) < 4.78 is 54.2. The Morgan fingerprint density at radius 3 is 2.19 bits per heavy atom. The Morgan fingerprint density at radius 1 is 0.968 bits per heavy atom. The first kappa shape index (κ1) is 22.8. The molecule has 0 saturated carbocycles. The van der Waals surface area contributed by atoms with Crippen LogP contribution in [-0.4, -0.2) is 27.1 Å². The third-order valence-corrected chi connectivity index (χ3v) is 6.99. The second-order valence-corrected chi connectivity index (χ2v) is 9.44. The van der Waals surface area contributed by atoms with Gasteiger partial charge in [0.1, 0.15) is 6.54 Å². The molecule has 0 radical (unpaired) electrons. The number of aryl methyl sites for hydroxylation is 1. The molecule has 0 fully saturated rings. The van der Waals surface area contributed by atoms with Crippen LogP contribution in [0.5, 0.6) is 0 Å². The van der Waals surface area contributed by atoms with E-state index in [0.29, 0.717) is 5.69 Å². The molecule has 0 atom stereocenters. The van der Waals surface area contributed by atoms with Gasteiger partial charge in [0.05, 0.1) is 10.6 Å². The lowest BCUT2D eigenvalue weighted by atomic mass is 10.2. The average molecular weight is 463 g/mol. The van der Waals surface area contributed by atoms with Crippen molar-refractivity contribution in [3.8, 4) is 0 Å². The summed E-state index contributed by atoms with van der Waals surface area (Å²) in [5.41, 5.74) is 1.26. The maximum Gasteiger partial charge on any atom is 0.264 e. The first-order chi connectivity index (χ1) is 14.7. The molecular formula is C22H20F2N2O3S2. The van der Waals surface area contributed by atoms with Crippen molar-refractivity contribution in [2.75, 3.05) is 22.4 Å². The van der Waals surface area contributed by atoms with E-state index in [0.717, 1.165) is 26.9 Å². The first-order valence-corrected chi connectivity index (χ1v) is 11.9. The molecule has 0 aromatic heterocycles. The predicted octanol–water partition coefficient (Wildman–Crippen LogP) is 4.83. The van der Waals surface area contributed by atoms with Crippen molar-refractivity contribution in [1.29, 1.82) is 0 Å². The smallest absolute Gasteiger partial charge is 0.264 e. The van der Waals surface area contributed by atoms with Crippen LogP contribution in [0.2, 0.25) is 0 Å². The largest absolute Gasteiger partial charge is 0.324 e. The third kappa shape index (κ3) is 5.42. The molecule has 1 amide bonds. The highest BCUT2D eigenvalue weighted by Crippen LogP contribution is 2.26. The highest BCUT2D eigenvalue weighted by atomic mass is 32.2. The van der Waals surface area contributed by atoms with Crippen LogP contribution in [0.1, 0.15) is 5.56 Å². The normalized spacial score (nSPS) is 11.2. The second-order valence-electron chi connectivity index (χ2n) is 6.70. The van der Waals surface area contributed by atoms with Gasteiger partial charge in [0.15, 0.2) is 11.6 Å². The number of thioether (sulfide) groups is 1. The molecule has 0 heterocycles. The molecule has 0 spiro atoms. The van der Waals surface area contributed by atoms with E-state index in [1.165, 1.54) is 30.0 Å².